The number of ether oxygens (including phenoxy) is 1. The summed E-state index contributed by atoms with van der Waals surface area (Å²) in [6, 6.07) is 6.98. The second kappa shape index (κ2) is 5.21. The molecule has 0 aliphatic rings. The molecule has 0 amide bonds. The van der Waals surface area contributed by atoms with E-state index in [4.69, 9.17) is 15.9 Å². The Morgan fingerprint density at radius 2 is 2.14 bits per heavy atom. The minimum absolute atomic E-state index is 0.0409. The number of nitrogens with two attached hydrogens (primary N) is 1. The summed E-state index contributed by atoms with van der Waals surface area (Å²) in [7, 11) is 0. The summed E-state index contributed by atoms with van der Waals surface area (Å²) in [6.45, 7) is -0.0942. The van der Waals surface area contributed by atoms with E-state index in [9.17, 15) is 4.39 Å². The lowest BCUT2D eigenvalue weighted by Crippen LogP contribution is -2.13. The molecule has 0 saturated heterocycles. The Hall–Kier alpha value is -1.58. The third-order valence-corrected chi connectivity index (χ3v) is 1.71. The molecule has 1 rings (SSSR count). The molecule has 0 radical (unpaired) electrons. The number of benzene rings is 1. The molecule has 0 saturated carbocycles. The van der Waals surface area contributed by atoms with Gasteiger partial charge >= 0.3 is 0 Å². The van der Waals surface area contributed by atoms with Gasteiger partial charge in [0.05, 0.1) is 18.8 Å². The maximum atomic E-state index is 11.8. The number of nitrogens with one attached hydrogen (secondary N) is 1. The topological polar surface area (TPSA) is 59.1 Å². The second-order valence-corrected chi connectivity index (χ2v) is 2.80. The number of amidine groups is 1. The SMILES string of the molecule is N=C(N)c1ccccc1OCCCF. The van der Waals surface area contributed by atoms with Gasteiger partial charge in [-0.1, -0.05) is 12.1 Å². The van der Waals surface area contributed by atoms with Crippen LogP contribution in [0.25, 0.3) is 0 Å². The van der Waals surface area contributed by atoms with E-state index < -0.39 is 6.67 Å². The van der Waals surface area contributed by atoms with Crippen molar-refractivity contribution in [3.63, 3.8) is 0 Å². The van der Waals surface area contributed by atoms with Crippen molar-refractivity contribution in [2.24, 2.45) is 5.73 Å². The first-order valence-electron chi connectivity index (χ1n) is 4.38. The van der Waals surface area contributed by atoms with Crippen LogP contribution in [0.1, 0.15) is 12.0 Å². The first-order chi connectivity index (χ1) is 6.75. The largest absolute Gasteiger partial charge is 0.493 e. The van der Waals surface area contributed by atoms with Gasteiger partial charge in [-0.3, -0.25) is 9.80 Å². The Balaban J connectivity index is 2.69. The Morgan fingerprint density at radius 3 is 2.79 bits per heavy atom. The van der Waals surface area contributed by atoms with Gasteiger partial charge in [0.2, 0.25) is 0 Å². The summed E-state index contributed by atoms with van der Waals surface area (Å²) in [4.78, 5) is 0. The quantitative estimate of drug-likeness (QED) is 0.428. The van der Waals surface area contributed by atoms with E-state index in [1.54, 1.807) is 24.3 Å². The molecule has 0 bridgehead atoms. The number of alkyl halides is 1. The molecule has 3 nitrogen and oxygen atoms in total. The smallest absolute Gasteiger partial charge is 0.130 e. The number of para-hydroxylation sites is 1. The number of rotatable bonds is 5. The van der Waals surface area contributed by atoms with Crippen LogP contribution in [0.4, 0.5) is 4.39 Å². The molecule has 0 spiro atoms. The van der Waals surface area contributed by atoms with Crippen molar-refractivity contribution in [2.45, 2.75) is 6.42 Å². The molecule has 76 valence electrons. The maximum Gasteiger partial charge on any atom is 0.130 e. The molecule has 0 aromatic heterocycles. The highest BCUT2D eigenvalue weighted by Crippen LogP contribution is 2.17. The maximum absolute atomic E-state index is 11.8. The first-order valence-corrected chi connectivity index (χ1v) is 4.38. The van der Waals surface area contributed by atoms with Crippen molar-refractivity contribution in [3.8, 4) is 5.75 Å². The Kier molecular flexibility index (Phi) is 3.91. The van der Waals surface area contributed by atoms with Gasteiger partial charge in [0.25, 0.3) is 0 Å². The molecular weight excluding hydrogens is 183 g/mol. The van der Waals surface area contributed by atoms with Crippen LogP contribution >= 0.6 is 0 Å². The van der Waals surface area contributed by atoms with Gasteiger partial charge in [-0.25, -0.2) is 0 Å². The van der Waals surface area contributed by atoms with Crippen LogP contribution in [0.3, 0.4) is 0 Å². The van der Waals surface area contributed by atoms with Crippen molar-refractivity contribution in [3.05, 3.63) is 29.8 Å². The average molecular weight is 196 g/mol. The fraction of sp³-hybridized carbons (Fsp3) is 0.300. The van der Waals surface area contributed by atoms with E-state index >= 15 is 0 Å². The summed E-state index contributed by atoms with van der Waals surface area (Å²) in [5.41, 5.74) is 5.90. The lowest BCUT2D eigenvalue weighted by molar-refractivity contribution is 0.289. The van der Waals surface area contributed by atoms with Gasteiger partial charge in [0, 0.05) is 6.42 Å². The minimum Gasteiger partial charge on any atom is -0.493 e. The lowest BCUT2D eigenvalue weighted by Gasteiger charge is -2.08. The van der Waals surface area contributed by atoms with Crippen molar-refractivity contribution in [1.29, 1.82) is 5.41 Å². The standard InChI is InChI=1S/C10H13FN2O/c11-6-3-7-14-9-5-2-1-4-8(9)10(12)13/h1-2,4-5H,3,6-7H2,(H3,12,13). The summed E-state index contributed by atoms with van der Waals surface area (Å²) >= 11 is 0. The third kappa shape index (κ3) is 2.73. The number of halogens is 1. The molecule has 0 aliphatic carbocycles. The number of hydrogen-bond donors (Lipinski definition) is 2. The highest BCUT2D eigenvalue weighted by atomic mass is 19.1. The van der Waals surface area contributed by atoms with Gasteiger partial charge < -0.3 is 10.5 Å². The molecule has 3 N–H and O–H groups in total. The van der Waals surface area contributed by atoms with Crippen LogP contribution in [0.15, 0.2) is 24.3 Å². The molecule has 0 aliphatic heterocycles. The molecule has 0 unspecified atom stereocenters. The number of hydrogen-bond acceptors (Lipinski definition) is 2. The van der Waals surface area contributed by atoms with Crippen molar-refractivity contribution < 1.29 is 9.13 Å². The van der Waals surface area contributed by atoms with Crippen LogP contribution in [-0.4, -0.2) is 19.1 Å². The van der Waals surface area contributed by atoms with E-state index in [-0.39, 0.29) is 5.84 Å². The highest BCUT2D eigenvalue weighted by Gasteiger charge is 2.04. The predicted octanol–water partition coefficient (Wildman–Crippen LogP) is 1.71. The molecule has 1 aromatic carbocycles. The molecule has 0 atom stereocenters. The fourth-order valence-corrected chi connectivity index (χ4v) is 1.05. The van der Waals surface area contributed by atoms with Crippen LogP contribution in [-0.2, 0) is 0 Å². The monoisotopic (exact) mass is 196 g/mol. The minimum atomic E-state index is -0.401. The fourth-order valence-electron chi connectivity index (χ4n) is 1.05. The zero-order valence-corrected chi connectivity index (χ0v) is 7.79. The van der Waals surface area contributed by atoms with E-state index in [0.29, 0.717) is 24.3 Å². The summed E-state index contributed by atoms with van der Waals surface area (Å²) in [6.07, 6.45) is 0.353. The average Bonchev–Trinajstić information content (AvgIpc) is 2.19. The van der Waals surface area contributed by atoms with Crippen LogP contribution in [0.2, 0.25) is 0 Å². The lowest BCUT2D eigenvalue weighted by atomic mass is 10.2. The molecule has 1 aromatic rings. The van der Waals surface area contributed by atoms with Crippen LogP contribution in [0, 0.1) is 5.41 Å². The Morgan fingerprint density at radius 1 is 1.43 bits per heavy atom. The van der Waals surface area contributed by atoms with E-state index in [1.807, 2.05) is 0 Å². The molecule has 0 fully saturated rings. The normalized spacial score (nSPS) is 9.79. The van der Waals surface area contributed by atoms with Gasteiger partial charge in [-0.05, 0) is 12.1 Å². The Labute approximate surface area is 82.2 Å². The highest BCUT2D eigenvalue weighted by molar-refractivity contribution is 5.97. The van der Waals surface area contributed by atoms with Gasteiger partial charge in [0.1, 0.15) is 11.6 Å². The second-order valence-electron chi connectivity index (χ2n) is 2.80. The van der Waals surface area contributed by atoms with E-state index in [0.717, 1.165) is 0 Å². The third-order valence-electron chi connectivity index (χ3n) is 1.71. The van der Waals surface area contributed by atoms with E-state index in [1.165, 1.54) is 0 Å². The van der Waals surface area contributed by atoms with Crippen LogP contribution < -0.4 is 10.5 Å². The van der Waals surface area contributed by atoms with E-state index in [2.05, 4.69) is 0 Å². The number of nitrogen functional groups attached to an aromatic ring is 1. The van der Waals surface area contributed by atoms with Crippen molar-refractivity contribution in [1.82, 2.24) is 0 Å². The predicted molar refractivity (Wildman–Crippen MR) is 53.5 cm³/mol. The Bertz CT molecular complexity index is 315. The summed E-state index contributed by atoms with van der Waals surface area (Å²) in [5.74, 6) is 0.495. The zero-order valence-electron chi connectivity index (χ0n) is 7.79. The molecule has 14 heavy (non-hydrogen) atoms. The summed E-state index contributed by atoms with van der Waals surface area (Å²) in [5, 5.41) is 7.28. The van der Waals surface area contributed by atoms with Crippen LogP contribution in [0.5, 0.6) is 5.75 Å². The molecule has 0 heterocycles. The van der Waals surface area contributed by atoms with Gasteiger partial charge in [0.15, 0.2) is 0 Å². The van der Waals surface area contributed by atoms with Gasteiger partial charge in [-0.15, -0.1) is 0 Å². The molecule has 4 heteroatoms. The molecular formula is C10H13FN2O. The summed E-state index contributed by atoms with van der Waals surface area (Å²) < 4.78 is 17.1. The van der Waals surface area contributed by atoms with Gasteiger partial charge in [-0.2, -0.15) is 0 Å². The zero-order chi connectivity index (χ0) is 10.4. The van der Waals surface area contributed by atoms with Crippen molar-refractivity contribution in [2.75, 3.05) is 13.3 Å². The first kappa shape index (κ1) is 10.5. The van der Waals surface area contributed by atoms with Crippen molar-refractivity contribution >= 4 is 5.84 Å².